The molecule has 1 N–H and O–H groups in total. The number of imidazole rings is 1. The molecule has 1 aliphatic rings. The van der Waals surface area contributed by atoms with E-state index in [0.29, 0.717) is 31.4 Å². The first-order valence-corrected chi connectivity index (χ1v) is 12.5. The van der Waals surface area contributed by atoms with Gasteiger partial charge in [0.25, 0.3) is 0 Å². The second kappa shape index (κ2) is 9.03. The summed E-state index contributed by atoms with van der Waals surface area (Å²) >= 11 is 0. The van der Waals surface area contributed by atoms with Crippen LogP contribution in [0.15, 0.2) is 41.3 Å². The minimum Gasteiger partial charge on any atom is -0.331 e. The van der Waals surface area contributed by atoms with Gasteiger partial charge in [0.05, 0.1) is 15.9 Å². The molecule has 7 nitrogen and oxygen atoms in total. The van der Waals surface area contributed by atoms with Crippen molar-refractivity contribution in [3.8, 4) is 0 Å². The van der Waals surface area contributed by atoms with Crippen molar-refractivity contribution in [1.29, 1.82) is 0 Å². The van der Waals surface area contributed by atoms with Gasteiger partial charge >= 0.3 is 0 Å². The molecule has 0 aliphatic carbocycles. The molecule has 3 aromatic rings. The Morgan fingerprint density at radius 2 is 1.81 bits per heavy atom. The summed E-state index contributed by atoms with van der Waals surface area (Å²) in [6.07, 6.45) is 3.64. The topological polar surface area (TPSA) is 84.3 Å². The van der Waals surface area contributed by atoms with Crippen molar-refractivity contribution in [2.24, 2.45) is 7.05 Å². The highest BCUT2D eigenvalue weighted by atomic mass is 32.2. The molecule has 2 aromatic carbocycles. The lowest BCUT2D eigenvalue weighted by Gasteiger charge is -2.25. The highest BCUT2D eigenvalue weighted by molar-refractivity contribution is 7.89. The lowest BCUT2D eigenvalue weighted by atomic mass is 10.1. The van der Waals surface area contributed by atoms with E-state index in [4.69, 9.17) is 0 Å². The van der Waals surface area contributed by atoms with Crippen molar-refractivity contribution in [2.45, 2.75) is 50.8 Å². The number of aromatic nitrogens is 2. The Morgan fingerprint density at radius 1 is 1.06 bits per heavy atom. The van der Waals surface area contributed by atoms with E-state index in [0.717, 1.165) is 47.4 Å². The molecule has 4 rings (SSSR count). The van der Waals surface area contributed by atoms with E-state index >= 15 is 0 Å². The Bertz CT molecular complexity index is 1260. The van der Waals surface area contributed by atoms with Gasteiger partial charge < -0.3 is 9.88 Å². The van der Waals surface area contributed by atoms with Gasteiger partial charge in [-0.25, -0.2) is 13.4 Å². The van der Waals surface area contributed by atoms with Crippen LogP contribution in [0.25, 0.3) is 11.0 Å². The number of benzene rings is 2. The summed E-state index contributed by atoms with van der Waals surface area (Å²) < 4.78 is 29.5. The Labute approximate surface area is 189 Å². The van der Waals surface area contributed by atoms with E-state index in [9.17, 15) is 13.2 Å². The molecule has 32 heavy (non-hydrogen) atoms. The molecule has 1 amide bonds. The summed E-state index contributed by atoms with van der Waals surface area (Å²) in [7, 11) is -1.61. The first kappa shape index (κ1) is 22.5. The average molecular weight is 455 g/mol. The van der Waals surface area contributed by atoms with Crippen LogP contribution in [0, 0.1) is 13.8 Å². The largest absolute Gasteiger partial charge is 0.331 e. The summed E-state index contributed by atoms with van der Waals surface area (Å²) in [5.74, 6) is 0.681. The maximum absolute atomic E-state index is 13.0. The van der Waals surface area contributed by atoms with Crippen LogP contribution in [-0.4, -0.2) is 41.3 Å². The highest BCUT2D eigenvalue weighted by Crippen LogP contribution is 2.25. The van der Waals surface area contributed by atoms with Crippen molar-refractivity contribution in [2.75, 3.05) is 18.4 Å². The fraction of sp³-hybridized carbons (Fsp3) is 0.417. The van der Waals surface area contributed by atoms with Crippen molar-refractivity contribution >= 4 is 32.7 Å². The highest BCUT2D eigenvalue weighted by Gasteiger charge is 2.26. The number of rotatable bonds is 6. The number of nitrogens with one attached hydrogen (secondary N) is 1. The van der Waals surface area contributed by atoms with Gasteiger partial charge in [0.2, 0.25) is 15.9 Å². The molecule has 0 radical (unpaired) electrons. The van der Waals surface area contributed by atoms with E-state index in [1.807, 2.05) is 43.7 Å². The van der Waals surface area contributed by atoms with Crippen LogP contribution in [-0.2, 0) is 28.3 Å². The third-order valence-corrected chi connectivity index (χ3v) is 8.02. The zero-order valence-electron chi connectivity index (χ0n) is 18.9. The maximum Gasteiger partial charge on any atom is 0.243 e. The third kappa shape index (κ3) is 4.56. The summed E-state index contributed by atoms with van der Waals surface area (Å²) in [6, 6.07) is 11.0. The second-order valence-electron chi connectivity index (χ2n) is 8.57. The molecule has 1 aromatic heterocycles. The standard InChI is InChI=1S/C24H30N4O3S/c1-17-7-9-20(18(2)15-17)26-24(29)12-11-23-25-21-16-19(8-10-22(21)27(23)3)32(30,31)28-13-5-4-6-14-28/h7-10,15-16H,4-6,11-14H2,1-3H3,(H,26,29). The first-order chi connectivity index (χ1) is 15.3. The number of piperidine rings is 1. The fourth-order valence-electron chi connectivity index (χ4n) is 4.26. The third-order valence-electron chi connectivity index (χ3n) is 6.13. The molecule has 1 aliphatic heterocycles. The normalized spacial score (nSPS) is 15.2. The van der Waals surface area contributed by atoms with Crippen LogP contribution >= 0.6 is 0 Å². The van der Waals surface area contributed by atoms with Gasteiger partial charge in [-0.3, -0.25) is 4.79 Å². The molecule has 0 unspecified atom stereocenters. The molecule has 0 atom stereocenters. The zero-order chi connectivity index (χ0) is 22.9. The van der Waals surface area contributed by atoms with Crippen LogP contribution in [0.2, 0.25) is 0 Å². The van der Waals surface area contributed by atoms with Crippen LogP contribution in [0.4, 0.5) is 5.69 Å². The predicted molar refractivity (Wildman–Crippen MR) is 126 cm³/mol. The van der Waals surface area contributed by atoms with E-state index in [1.165, 1.54) is 0 Å². The molecule has 0 saturated carbocycles. The Kier molecular flexibility index (Phi) is 6.35. The average Bonchev–Trinajstić information content (AvgIpc) is 3.10. The predicted octanol–water partition coefficient (Wildman–Crippen LogP) is 3.94. The Balaban J connectivity index is 1.49. The van der Waals surface area contributed by atoms with Gasteiger partial charge in [-0.05, 0) is 56.5 Å². The summed E-state index contributed by atoms with van der Waals surface area (Å²) in [5.41, 5.74) is 4.49. The number of fused-ring (bicyclic) bond motifs is 1. The van der Waals surface area contributed by atoms with E-state index in [2.05, 4.69) is 10.3 Å². The van der Waals surface area contributed by atoms with Crippen LogP contribution in [0.1, 0.15) is 42.6 Å². The van der Waals surface area contributed by atoms with Gasteiger partial charge in [0.15, 0.2) is 0 Å². The summed E-state index contributed by atoms with van der Waals surface area (Å²) in [5, 5.41) is 2.97. The zero-order valence-corrected chi connectivity index (χ0v) is 19.7. The Hall–Kier alpha value is -2.71. The van der Waals surface area contributed by atoms with Gasteiger partial charge in [0.1, 0.15) is 5.82 Å². The molecule has 0 spiro atoms. The minimum absolute atomic E-state index is 0.0719. The van der Waals surface area contributed by atoms with Crippen molar-refractivity contribution in [3.05, 3.63) is 53.3 Å². The van der Waals surface area contributed by atoms with Gasteiger partial charge in [0, 0.05) is 38.7 Å². The van der Waals surface area contributed by atoms with E-state index in [1.54, 1.807) is 22.5 Å². The molecule has 0 bridgehead atoms. The monoisotopic (exact) mass is 454 g/mol. The van der Waals surface area contributed by atoms with Crippen LogP contribution < -0.4 is 5.32 Å². The van der Waals surface area contributed by atoms with Gasteiger partial charge in [-0.15, -0.1) is 0 Å². The SMILES string of the molecule is Cc1ccc(NC(=O)CCc2nc3cc(S(=O)(=O)N4CCCCC4)ccc3n2C)c(C)c1. The van der Waals surface area contributed by atoms with Crippen molar-refractivity contribution < 1.29 is 13.2 Å². The number of hydrogen-bond donors (Lipinski definition) is 1. The minimum atomic E-state index is -3.50. The van der Waals surface area contributed by atoms with E-state index < -0.39 is 10.0 Å². The quantitative estimate of drug-likeness (QED) is 0.612. The molecule has 8 heteroatoms. The number of amides is 1. The number of nitrogens with zero attached hydrogens (tertiary/aromatic N) is 3. The molecular weight excluding hydrogens is 424 g/mol. The van der Waals surface area contributed by atoms with Gasteiger partial charge in [-0.1, -0.05) is 24.1 Å². The van der Waals surface area contributed by atoms with Crippen LogP contribution in [0.5, 0.6) is 0 Å². The van der Waals surface area contributed by atoms with E-state index in [-0.39, 0.29) is 10.8 Å². The maximum atomic E-state index is 13.0. The van der Waals surface area contributed by atoms with Crippen LogP contribution in [0.3, 0.4) is 0 Å². The lowest BCUT2D eigenvalue weighted by Crippen LogP contribution is -2.35. The first-order valence-electron chi connectivity index (χ1n) is 11.1. The second-order valence-corrected chi connectivity index (χ2v) is 10.5. The Morgan fingerprint density at radius 3 is 2.53 bits per heavy atom. The molecular formula is C24H30N4O3S. The summed E-state index contributed by atoms with van der Waals surface area (Å²) in [6.45, 7) is 5.14. The summed E-state index contributed by atoms with van der Waals surface area (Å²) in [4.78, 5) is 17.4. The number of carbonyl (C=O) groups is 1. The van der Waals surface area contributed by atoms with Crippen molar-refractivity contribution in [1.82, 2.24) is 13.9 Å². The molecule has 170 valence electrons. The fourth-order valence-corrected chi connectivity index (χ4v) is 5.80. The number of aryl methyl sites for hydroxylation is 4. The smallest absolute Gasteiger partial charge is 0.243 e. The number of carbonyl (C=O) groups excluding carboxylic acids is 1. The lowest BCUT2D eigenvalue weighted by molar-refractivity contribution is -0.116. The molecule has 2 heterocycles. The van der Waals surface area contributed by atoms with Crippen molar-refractivity contribution in [3.63, 3.8) is 0 Å². The molecule has 1 fully saturated rings. The number of hydrogen-bond acceptors (Lipinski definition) is 4. The number of anilines is 1. The molecule has 1 saturated heterocycles. The number of sulfonamides is 1. The van der Waals surface area contributed by atoms with Gasteiger partial charge in [-0.2, -0.15) is 4.31 Å².